The maximum absolute atomic E-state index is 5.51. The third-order valence-electron chi connectivity index (χ3n) is 4.72. The van der Waals surface area contributed by atoms with Crippen molar-refractivity contribution in [2.75, 3.05) is 40.5 Å². The molecule has 1 atom stereocenters. The fourth-order valence-electron chi connectivity index (χ4n) is 3.16. The predicted molar refractivity (Wildman–Crippen MR) is 122 cm³/mol. The van der Waals surface area contributed by atoms with Crippen molar-refractivity contribution >= 4 is 29.9 Å². The van der Waals surface area contributed by atoms with Crippen molar-refractivity contribution in [3.63, 3.8) is 0 Å². The molecule has 2 aromatic rings. The third kappa shape index (κ3) is 7.01. The van der Waals surface area contributed by atoms with Crippen LogP contribution in [0.2, 0.25) is 0 Å². The minimum atomic E-state index is 0. The van der Waals surface area contributed by atoms with E-state index in [1.54, 1.807) is 13.4 Å². The summed E-state index contributed by atoms with van der Waals surface area (Å²) in [5.41, 5.74) is 1.15. The highest BCUT2D eigenvalue weighted by Crippen LogP contribution is 2.14. The fourth-order valence-corrected chi connectivity index (χ4v) is 3.16. The number of rotatable bonds is 8. The zero-order valence-electron chi connectivity index (χ0n) is 16.6. The molecule has 1 unspecified atom stereocenters. The molecule has 1 fully saturated rings. The van der Waals surface area contributed by atoms with Gasteiger partial charge in [-0.25, -0.2) is 4.99 Å². The lowest BCUT2D eigenvalue weighted by Gasteiger charge is -2.25. The van der Waals surface area contributed by atoms with Gasteiger partial charge in [-0.3, -0.25) is 0 Å². The molecule has 1 N–H and O–H groups in total. The molecule has 0 saturated carbocycles. The first kappa shape index (κ1) is 22.5. The van der Waals surface area contributed by atoms with E-state index in [2.05, 4.69) is 17.3 Å². The van der Waals surface area contributed by atoms with E-state index >= 15 is 0 Å². The van der Waals surface area contributed by atoms with E-state index in [1.807, 2.05) is 36.4 Å². The summed E-state index contributed by atoms with van der Waals surface area (Å²) in [6, 6.07) is 11.9. The first-order valence-electron chi connectivity index (χ1n) is 9.47. The SMILES string of the molecule is COc1ccc(CN=C(NCCc2ccco2)N(C)CC2CCOC2)cc1.I. The molecule has 1 aliphatic heterocycles. The summed E-state index contributed by atoms with van der Waals surface area (Å²) in [4.78, 5) is 7.03. The summed E-state index contributed by atoms with van der Waals surface area (Å²) in [5.74, 6) is 3.30. The Morgan fingerprint density at radius 1 is 1.29 bits per heavy atom. The molecular formula is C21H30IN3O3. The van der Waals surface area contributed by atoms with Crippen LogP contribution in [0.4, 0.5) is 0 Å². The normalized spacial score (nSPS) is 16.5. The number of ether oxygens (including phenoxy) is 2. The topological polar surface area (TPSA) is 59.2 Å². The van der Waals surface area contributed by atoms with Gasteiger partial charge in [0.25, 0.3) is 0 Å². The Morgan fingerprint density at radius 3 is 2.75 bits per heavy atom. The molecule has 0 amide bonds. The Labute approximate surface area is 184 Å². The van der Waals surface area contributed by atoms with Gasteiger partial charge in [0.05, 0.1) is 26.5 Å². The molecule has 1 aromatic heterocycles. The van der Waals surface area contributed by atoms with E-state index < -0.39 is 0 Å². The van der Waals surface area contributed by atoms with Crippen molar-refractivity contribution in [1.82, 2.24) is 10.2 Å². The van der Waals surface area contributed by atoms with Crippen LogP contribution >= 0.6 is 24.0 Å². The van der Waals surface area contributed by atoms with Gasteiger partial charge >= 0.3 is 0 Å². The van der Waals surface area contributed by atoms with Gasteiger partial charge in [0, 0.05) is 39.1 Å². The molecular weight excluding hydrogens is 469 g/mol. The lowest BCUT2D eigenvalue weighted by Crippen LogP contribution is -2.42. The summed E-state index contributed by atoms with van der Waals surface area (Å²) in [7, 11) is 3.76. The summed E-state index contributed by atoms with van der Waals surface area (Å²) in [5, 5.41) is 3.47. The van der Waals surface area contributed by atoms with Crippen LogP contribution < -0.4 is 10.1 Å². The molecule has 154 valence electrons. The molecule has 7 heteroatoms. The first-order chi connectivity index (χ1) is 13.2. The van der Waals surface area contributed by atoms with E-state index in [4.69, 9.17) is 18.9 Å². The molecule has 1 aliphatic rings. The minimum Gasteiger partial charge on any atom is -0.497 e. The van der Waals surface area contributed by atoms with E-state index in [1.165, 1.54) is 0 Å². The Balaban J connectivity index is 0.00000280. The van der Waals surface area contributed by atoms with Gasteiger partial charge in [0.2, 0.25) is 0 Å². The van der Waals surface area contributed by atoms with Gasteiger partial charge in [-0.05, 0) is 36.2 Å². The lowest BCUT2D eigenvalue weighted by atomic mass is 10.1. The van der Waals surface area contributed by atoms with Crippen molar-refractivity contribution < 1.29 is 13.9 Å². The second-order valence-electron chi connectivity index (χ2n) is 6.85. The van der Waals surface area contributed by atoms with Gasteiger partial charge in [-0.15, -0.1) is 24.0 Å². The summed E-state index contributed by atoms with van der Waals surface area (Å²) in [6.07, 6.45) is 3.65. The van der Waals surface area contributed by atoms with Gasteiger partial charge in [0.15, 0.2) is 5.96 Å². The quantitative estimate of drug-likeness (QED) is 0.342. The average molecular weight is 499 g/mol. The second kappa shape index (κ2) is 12.0. The minimum absolute atomic E-state index is 0. The summed E-state index contributed by atoms with van der Waals surface area (Å²) >= 11 is 0. The molecule has 2 heterocycles. The number of nitrogens with zero attached hydrogens (tertiary/aromatic N) is 2. The summed E-state index contributed by atoms with van der Waals surface area (Å²) in [6.45, 7) is 4.04. The van der Waals surface area contributed by atoms with Crippen molar-refractivity contribution in [2.24, 2.45) is 10.9 Å². The van der Waals surface area contributed by atoms with Crippen LogP contribution in [0.15, 0.2) is 52.1 Å². The molecule has 0 aliphatic carbocycles. The van der Waals surface area contributed by atoms with Crippen LogP contribution in [0.25, 0.3) is 0 Å². The van der Waals surface area contributed by atoms with E-state index in [9.17, 15) is 0 Å². The van der Waals surface area contributed by atoms with Crippen molar-refractivity contribution in [2.45, 2.75) is 19.4 Å². The predicted octanol–water partition coefficient (Wildman–Crippen LogP) is 3.56. The highest BCUT2D eigenvalue weighted by atomic mass is 127. The second-order valence-corrected chi connectivity index (χ2v) is 6.85. The van der Waals surface area contributed by atoms with Gasteiger partial charge in [0.1, 0.15) is 11.5 Å². The maximum atomic E-state index is 5.51. The van der Waals surface area contributed by atoms with Crippen molar-refractivity contribution in [1.29, 1.82) is 0 Å². The van der Waals surface area contributed by atoms with Gasteiger partial charge in [-0.2, -0.15) is 0 Å². The van der Waals surface area contributed by atoms with Crippen LogP contribution in [0.1, 0.15) is 17.7 Å². The standard InChI is InChI=1S/C21H29N3O3.HI/c1-24(15-18-10-13-26-16-18)21(22-11-9-20-4-3-12-27-20)23-14-17-5-7-19(25-2)8-6-17;/h3-8,12,18H,9-11,13-16H2,1-2H3,(H,22,23);1H. The fraction of sp³-hybridized carbons (Fsp3) is 0.476. The lowest BCUT2D eigenvalue weighted by molar-refractivity contribution is 0.181. The van der Waals surface area contributed by atoms with Gasteiger partial charge in [-0.1, -0.05) is 12.1 Å². The van der Waals surface area contributed by atoms with Crippen LogP contribution in [0.5, 0.6) is 5.75 Å². The number of methoxy groups -OCH3 is 1. The molecule has 6 nitrogen and oxygen atoms in total. The zero-order chi connectivity index (χ0) is 18.9. The number of furan rings is 1. The molecule has 1 aromatic carbocycles. The Kier molecular flexibility index (Phi) is 9.63. The zero-order valence-corrected chi connectivity index (χ0v) is 18.9. The highest BCUT2D eigenvalue weighted by Gasteiger charge is 2.19. The van der Waals surface area contributed by atoms with Crippen LogP contribution in [0, 0.1) is 5.92 Å². The van der Waals surface area contributed by atoms with Crippen LogP contribution in [-0.4, -0.2) is 51.3 Å². The highest BCUT2D eigenvalue weighted by molar-refractivity contribution is 14.0. The van der Waals surface area contributed by atoms with E-state index in [0.29, 0.717) is 12.5 Å². The Hall–Kier alpha value is -1.74. The molecule has 1 saturated heterocycles. The number of benzene rings is 1. The number of halogens is 1. The van der Waals surface area contributed by atoms with Gasteiger partial charge < -0.3 is 24.1 Å². The van der Waals surface area contributed by atoms with E-state index in [-0.39, 0.29) is 24.0 Å². The molecule has 0 bridgehead atoms. The molecule has 28 heavy (non-hydrogen) atoms. The molecule has 0 radical (unpaired) electrons. The summed E-state index contributed by atoms with van der Waals surface area (Å²) < 4.78 is 16.1. The smallest absolute Gasteiger partial charge is 0.194 e. The van der Waals surface area contributed by atoms with Crippen molar-refractivity contribution in [3.8, 4) is 5.75 Å². The first-order valence-corrected chi connectivity index (χ1v) is 9.47. The van der Waals surface area contributed by atoms with Crippen molar-refractivity contribution in [3.05, 3.63) is 54.0 Å². The van der Waals surface area contributed by atoms with Crippen LogP contribution in [-0.2, 0) is 17.7 Å². The number of hydrogen-bond acceptors (Lipinski definition) is 4. The maximum Gasteiger partial charge on any atom is 0.194 e. The van der Waals surface area contributed by atoms with E-state index in [0.717, 1.165) is 62.2 Å². The number of hydrogen-bond donors (Lipinski definition) is 1. The Bertz CT molecular complexity index is 698. The largest absolute Gasteiger partial charge is 0.497 e. The van der Waals surface area contributed by atoms with Crippen LogP contribution in [0.3, 0.4) is 0 Å². The monoisotopic (exact) mass is 499 g/mol. The number of aliphatic imine (C=N–C) groups is 1. The number of nitrogens with one attached hydrogen (secondary N) is 1. The molecule has 3 rings (SSSR count). The Morgan fingerprint density at radius 2 is 2.11 bits per heavy atom. The average Bonchev–Trinajstić information content (AvgIpc) is 3.39. The molecule has 0 spiro atoms. The number of guanidine groups is 1. The third-order valence-corrected chi connectivity index (χ3v) is 4.72.